The van der Waals surface area contributed by atoms with Crippen LogP contribution in [0.15, 0.2) is 12.1 Å². The molecule has 0 aliphatic heterocycles. The van der Waals surface area contributed by atoms with Gasteiger partial charge in [-0.25, -0.2) is 4.79 Å². The van der Waals surface area contributed by atoms with E-state index in [0.717, 1.165) is 5.56 Å². The minimum atomic E-state index is -0.924. The van der Waals surface area contributed by atoms with E-state index in [4.69, 9.17) is 0 Å². The van der Waals surface area contributed by atoms with Crippen LogP contribution < -0.4 is 10.6 Å². The van der Waals surface area contributed by atoms with Gasteiger partial charge in [-0.3, -0.25) is 14.3 Å². The fourth-order valence-corrected chi connectivity index (χ4v) is 2.34. The Labute approximate surface area is 132 Å². The summed E-state index contributed by atoms with van der Waals surface area (Å²) in [7, 11) is -0.924. The quantitative estimate of drug-likeness (QED) is 0.619. The first-order valence-corrected chi connectivity index (χ1v) is 8.47. The summed E-state index contributed by atoms with van der Waals surface area (Å²) in [6.07, 6.45) is 2.23. The second-order valence-electron chi connectivity index (χ2n) is 5.19. The molecular weight excluding hydrogens is 306 g/mol. The number of hydrogen-bond acceptors (Lipinski definition) is 4. The fourth-order valence-electron chi connectivity index (χ4n) is 1.89. The van der Waals surface area contributed by atoms with Crippen molar-refractivity contribution in [2.45, 2.75) is 32.4 Å². The number of benzene rings is 1. The van der Waals surface area contributed by atoms with Gasteiger partial charge >= 0.3 is 6.03 Å². The third kappa shape index (κ3) is 5.10. The normalized spacial score (nSPS) is 13.3. The Bertz CT molecular complexity index is 604. The van der Waals surface area contributed by atoms with Crippen molar-refractivity contribution in [3.05, 3.63) is 33.4 Å². The summed E-state index contributed by atoms with van der Waals surface area (Å²) in [6, 6.07) is 2.58. The zero-order valence-corrected chi connectivity index (χ0v) is 14.0. The van der Waals surface area contributed by atoms with Gasteiger partial charge in [0.05, 0.1) is 10.6 Å². The molecule has 7 nitrogen and oxygen atoms in total. The number of anilines is 1. The molecule has 2 amide bonds. The first kappa shape index (κ1) is 18.1. The summed E-state index contributed by atoms with van der Waals surface area (Å²) < 4.78 is 11.2. The number of nitro groups is 1. The van der Waals surface area contributed by atoms with Crippen LogP contribution in [-0.2, 0) is 10.8 Å². The van der Waals surface area contributed by atoms with E-state index in [2.05, 4.69) is 10.6 Å². The lowest BCUT2D eigenvalue weighted by atomic mass is 10.1. The molecule has 22 heavy (non-hydrogen) atoms. The first-order chi connectivity index (χ1) is 10.2. The van der Waals surface area contributed by atoms with Crippen molar-refractivity contribution in [3.63, 3.8) is 0 Å². The Balaban J connectivity index is 2.66. The minimum Gasteiger partial charge on any atom is -0.338 e. The van der Waals surface area contributed by atoms with E-state index in [1.54, 1.807) is 26.2 Å². The van der Waals surface area contributed by atoms with E-state index in [1.165, 1.54) is 6.07 Å². The van der Waals surface area contributed by atoms with Gasteiger partial charge in [-0.1, -0.05) is 6.92 Å². The molecule has 122 valence electrons. The van der Waals surface area contributed by atoms with Crippen molar-refractivity contribution >= 4 is 28.2 Å². The lowest BCUT2D eigenvalue weighted by Gasteiger charge is -2.12. The van der Waals surface area contributed by atoms with Crippen LogP contribution in [0.2, 0.25) is 0 Å². The zero-order chi connectivity index (χ0) is 16.9. The number of aryl methyl sites for hydroxylation is 2. The number of hydrogen-bond donors (Lipinski definition) is 2. The number of nitrogens with zero attached hydrogens (tertiary/aromatic N) is 1. The van der Waals surface area contributed by atoms with E-state index >= 15 is 0 Å². The molecule has 1 aromatic carbocycles. The van der Waals surface area contributed by atoms with Gasteiger partial charge in [0.15, 0.2) is 0 Å². The topological polar surface area (TPSA) is 101 Å². The van der Waals surface area contributed by atoms with Gasteiger partial charge in [0.1, 0.15) is 0 Å². The zero-order valence-electron chi connectivity index (χ0n) is 13.1. The van der Waals surface area contributed by atoms with Gasteiger partial charge in [-0.15, -0.1) is 0 Å². The maximum atomic E-state index is 11.8. The van der Waals surface area contributed by atoms with Crippen LogP contribution in [0.1, 0.15) is 24.5 Å². The number of rotatable bonds is 6. The molecule has 2 N–H and O–H groups in total. The molecule has 0 saturated carbocycles. The third-order valence-corrected chi connectivity index (χ3v) is 4.76. The van der Waals surface area contributed by atoms with E-state index in [1.807, 2.05) is 6.92 Å². The maximum absolute atomic E-state index is 11.8. The van der Waals surface area contributed by atoms with E-state index < -0.39 is 21.8 Å². The van der Waals surface area contributed by atoms with Gasteiger partial charge < -0.3 is 10.6 Å². The highest BCUT2D eigenvalue weighted by atomic mass is 32.2. The molecule has 1 rings (SSSR count). The summed E-state index contributed by atoms with van der Waals surface area (Å²) in [5.74, 6) is 0. The number of nitro benzene ring substituents is 1. The molecular formula is C14H21N3O4S. The number of carbonyl (C=O) groups excluding carboxylic acids is 1. The van der Waals surface area contributed by atoms with E-state index in [-0.39, 0.29) is 10.9 Å². The smallest absolute Gasteiger partial charge is 0.319 e. The molecule has 0 aliphatic carbocycles. The molecule has 0 saturated heterocycles. The standard InChI is InChI=1S/C14H21N3O4S/c1-9-7-10(2)13(17(19)20)8-12(9)16-14(18)15-6-5-11(3)22(4)21/h7-8,11H,5-6H2,1-4H3,(H2,15,16,18)/t11-,22+/m0/s1. The molecule has 0 heterocycles. The second-order valence-corrected chi connectivity index (χ2v) is 6.99. The van der Waals surface area contributed by atoms with Crippen LogP contribution in [0, 0.1) is 24.0 Å². The number of nitrogens with one attached hydrogen (secondary N) is 2. The summed E-state index contributed by atoms with van der Waals surface area (Å²) in [6.45, 7) is 5.67. The van der Waals surface area contributed by atoms with Gasteiger partial charge in [0.2, 0.25) is 0 Å². The highest BCUT2D eigenvalue weighted by Crippen LogP contribution is 2.26. The largest absolute Gasteiger partial charge is 0.338 e. The first-order valence-electron chi connectivity index (χ1n) is 6.85. The summed E-state index contributed by atoms with van der Waals surface area (Å²) >= 11 is 0. The predicted molar refractivity (Wildman–Crippen MR) is 87.7 cm³/mol. The van der Waals surface area contributed by atoms with Crippen LogP contribution >= 0.6 is 0 Å². The Morgan fingerprint density at radius 3 is 2.55 bits per heavy atom. The van der Waals surface area contributed by atoms with Crippen molar-refractivity contribution in [1.82, 2.24) is 5.32 Å². The van der Waals surface area contributed by atoms with Gasteiger partial charge in [-0.05, 0) is 31.9 Å². The lowest BCUT2D eigenvalue weighted by Crippen LogP contribution is -2.31. The highest BCUT2D eigenvalue weighted by molar-refractivity contribution is 7.84. The molecule has 0 fully saturated rings. The van der Waals surface area contributed by atoms with Crippen LogP contribution in [0.25, 0.3) is 0 Å². The summed E-state index contributed by atoms with van der Waals surface area (Å²) in [5.41, 5.74) is 1.67. The number of carbonyl (C=O) groups is 1. The summed E-state index contributed by atoms with van der Waals surface area (Å²) in [5, 5.41) is 16.2. The van der Waals surface area contributed by atoms with Gasteiger partial charge in [-0.2, -0.15) is 0 Å². The molecule has 0 aromatic heterocycles. The van der Waals surface area contributed by atoms with Crippen LogP contribution in [-0.4, -0.2) is 33.2 Å². The third-order valence-electron chi connectivity index (χ3n) is 3.39. The average Bonchev–Trinajstić information content (AvgIpc) is 2.41. The average molecular weight is 327 g/mol. The molecule has 8 heteroatoms. The number of amides is 2. The molecule has 0 radical (unpaired) electrons. The molecule has 1 aromatic rings. The maximum Gasteiger partial charge on any atom is 0.319 e. The van der Waals surface area contributed by atoms with Crippen LogP contribution in [0.4, 0.5) is 16.2 Å². The molecule has 0 bridgehead atoms. The van der Waals surface area contributed by atoms with Crippen LogP contribution in [0.3, 0.4) is 0 Å². The fraction of sp³-hybridized carbons (Fsp3) is 0.500. The van der Waals surface area contributed by atoms with Crippen molar-refractivity contribution < 1.29 is 13.9 Å². The van der Waals surface area contributed by atoms with E-state index in [0.29, 0.717) is 24.2 Å². The Hall–Kier alpha value is -1.96. The van der Waals surface area contributed by atoms with E-state index in [9.17, 15) is 19.1 Å². The molecule has 0 spiro atoms. The Morgan fingerprint density at radius 1 is 1.36 bits per heavy atom. The van der Waals surface area contributed by atoms with Crippen molar-refractivity contribution in [1.29, 1.82) is 0 Å². The number of urea groups is 1. The minimum absolute atomic E-state index is 0.00231. The Kier molecular flexibility index (Phi) is 6.48. The van der Waals surface area contributed by atoms with Gasteiger partial charge in [0.25, 0.3) is 5.69 Å². The Morgan fingerprint density at radius 2 is 2.00 bits per heavy atom. The van der Waals surface area contributed by atoms with Crippen molar-refractivity contribution in [2.75, 3.05) is 18.1 Å². The summed E-state index contributed by atoms with van der Waals surface area (Å²) in [4.78, 5) is 22.3. The second kappa shape index (κ2) is 7.88. The predicted octanol–water partition coefficient (Wildman–Crippen LogP) is 2.49. The lowest BCUT2D eigenvalue weighted by molar-refractivity contribution is -0.385. The van der Waals surface area contributed by atoms with Crippen molar-refractivity contribution in [3.8, 4) is 0 Å². The monoisotopic (exact) mass is 327 g/mol. The van der Waals surface area contributed by atoms with Gasteiger partial charge in [0, 0.05) is 40.5 Å². The van der Waals surface area contributed by atoms with Crippen LogP contribution in [0.5, 0.6) is 0 Å². The molecule has 0 unspecified atom stereocenters. The SMILES string of the molecule is Cc1cc(C)c([N+](=O)[O-])cc1NC(=O)NCC[C@H](C)[S@@](C)=O. The van der Waals surface area contributed by atoms with Crippen molar-refractivity contribution in [2.24, 2.45) is 0 Å². The molecule has 2 atom stereocenters. The molecule has 0 aliphatic rings. The highest BCUT2D eigenvalue weighted by Gasteiger charge is 2.15.